The van der Waals surface area contributed by atoms with Crippen molar-refractivity contribution in [1.29, 1.82) is 0 Å². The lowest BCUT2D eigenvalue weighted by atomic mass is 10.1. The van der Waals surface area contributed by atoms with Crippen molar-refractivity contribution in [3.8, 4) is 0 Å². The van der Waals surface area contributed by atoms with Crippen LogP contribution >= 0.6 is 11.8 Å². The fourth-order valence-electron chi connectivity index (χ4n) is 1.22. The van der Waals surface area contributed by atoms with E-state index in [0.29, 0.717) is 6.54 Å². The molecule has 0 spiro atoms. The highest BCUT2D eigenvalue weighted by atomic mass is 32.2. The van der Waals surface area contributed by atoms with Gasteiger partial charge >= 0.3 is 0 Å². The molecule has 0 aliphatic rings. The van der Waals surface area contributed by atoms with Crippen LogP contribution < -0.4 is 5.73 Å². The van der Waals surface area contributed by atoms with Gasteiger partial charge in [-0.05, 0) is 30.0 Å². The Balaban J connectivity index is 2.77. The molecule has 1 rings (SSSR count). The third-order valence-electron chi connectivity index (χ3n) is 2.01. The molecule has 2 N–H and O–H groups in total. The van der Waals surface area contributed by atoms with E-state index in [-0.39, 0.29) is 0 Å². The summed E-state index contributed by atoms with van der Waals surface area (Å²) in [7, 11) is 0. The Morgan fingerprint density at radius 3 is 2.64 bits per heavy atom. The SMILES string of the molecule is Cc1ccc(CN)c(SCC(C)C)c1. The monoisotopic (exact) mass is 209 g/mol. The highest BCUT2D eigenvalue weighted by molar-refractivity contribution is 7.99. The first-order valence-corrected chi connectivity index (χ1v) is 6.04. The minimum Gasteiger partial charge on any atom is -0.326 e. The van der Waals surface area contributed by atoms with Gasteiger partial charge in [0.25, 0.3) is 0 Å². The van der Waals surface area contributed by atoms with Crippen molar-refractivity contribution >= 4 is 11.8 Å². The third kappa shape index (κ3) is 3.35. The summed E-state index contributed by atoms with van der Waals surface area (Å²) in [6, 6.07) is 6.49. The van der Waals surface area contributed by atoms with Crippen LogP contribution in [0, 0.1) is 12.8 Å². The number of aryl methyl sites for hydroxylation is 1. The second-order valence-corrected chi connectivity index (χ2v) is 5.08. The molecule has 1 nitrogen and oxygen atoms in total. The lowest BCUT2D eigenvalue weighted by Gasteiger charge is -2.09. The van der Waals surface area contributed by atoms with E-state index in [2.05, 4.69) is 39.0 Å². The van der Waals surface area contributed by atoms with Crippen LogP contribution in [0.4, 0.5) is 0 Å². The Bertz CT molecular complexity index is 294. The van der Waals surface area contributed by atoms with Gasteiger partial charge in [-0.25, -0.2) is 0 Å². The summed E-state index contributed by atoms with van der Waals surface area (Å²) in [5, 5.41) is 0. The molecule has 0 unspecified atom stereocenters. The van der Waals surface area contributed by atoms with Crippen molar-refractivity contribution in [1.82, 2.24) is 0 Å². The summed E-state index contributed by atoms with van der Waals surface area (Å²) in [6.45, 7) is 7.25. The van der Waals surface area contributed by atoms with Crippen molar-refractivity contribution < 1.29 is 0 Å². The summed E-state index contributed by atoms with van der Waals surface area (Å²) in [6.07, 6.45) is 0. The molecule has 78 valence electrons. The van der Waals surface area contributed by atoms with Gasteiger partial charge in [-0.1, -0.05) is 26.0 Å². The predicted octanol–water partition coefficient (Wildman–Crippen LogP) is 3.20. The number of benzene rings is 1. The topological polar surface area (TPSA) is 26.0 Å². The highest BCUT2D eigenvalue weighted by Crippen LogP contribution is 2.25. The Hall–Kier alpha value is -0.470. The molecule has 0 saturated carbocycles. The molecule has 0 heterocycles. The van der Waals surface area contributed by atoms with Gasteiger partial charge in [-0.15, -0.1) is 11.8 Å². The number of nitrogens with two attached hydrogens (primary N) is 1. The van der Waals surface area contributed by atoms with E-state index >= 15 is 0 Å². The lowest BCUT2D eigenvalue weighted by Crippen LogP contribution is -2.00. The molecule has 0 aromatic heterocycles. The van der Waals surface area contributed by atoms with Crippen LogP contribution in [0.15, 0.2) is 23.1 Å². The normalized spacial score (nSPS) is 10.9. The van der Waals surface area contributed by atoms with Crippen LogP contribution in [0.3, 0.4) is 0 Å². The molecule has 1 aromatic rings. The first-order valence-electron chi connectivity index (χ1n) is 5.06. The van der Waals surface area contributed by atoms with Crippen molar-refractivity contribution in [2.45, 2.75) is 32.2 Å². The zero-order valence-electron chi connectivity index (χ0n) is 9.21. The molecule has 0 aliphatic carbocycles. The molecule has 0 fully saturated rings. The summed E-state index contributed by atoms with van der Waals surface area (Å²) in [5.74, 6) is 1.89. The van der Waals surface area contributed by atoms with Gasteiger partial charge in [-0.2, -0.15) is 0 Å². The van der Waals surface area contributed by atoms with Crippen LogP contribution in [0.2, 0.25) is 0 Å². The lowest BCUT2D eigenvalue weighted by molar-refractivity contribution is 0.750. The van der Waals surface area contributed by atoms with E-state index in [0.717, 1.165) is 11.7 Å². The molecule has 14 heavy (non-hydrogen) atoms. The van der Waals surface area contributed by atoms with Gasteiger partial charge in [0.05, 0.1) is 0 Å². The van der Waals surface area contributed by atoms with E-state index in [1.165, 1.54) is 16.0 Å². The van der Waals surface area contributed by atoms with E-state index in [4.69, 9.17) is 5.73 Å². The van der Waals surface area contributed by atoms with Crippen molar-refractivity contribution in [2.75, 3.05) is 5.75 Å². The predicted molar refractivity (Wildman–Crippen MR) is 64.6 cm³/mol. The fourth-order valence-corrected chi connectivity index (χ4v) is 2.34. The Morgan fingerprint density at radius 1 is 1.36 bits per heavy atom. The van der Waals surface area contributed by atoms with Crippen LogP contribution in [0.1, 0.15) is 25.0 Å². The van der Waals surface area contributed by atoms with Crippen molar-refractivity contribution in [2.24, 2.45) is 11.7 Å². The summed E-state index contributed by atoms with van der Waals surface area (Å²) in [4.78, 5) is 1.35. The number of thioether (sulfide) groups is 1. The first-order chi connectivity index (χ1) is 6.63. The van der Waals surface area contributed by atoms with Gasteiger partial charge in [0.1, 0.15) is 0 Å². The minimum atomic E-state index is 0.640. The average molecular weight is 209 g/mol. The summed E-state index contributed by atoms with van der Waals surface area (Å²) in [5.41, 5.74) is 8.27. The maximum atomic E-state index is 5.69. The molecular formula is C12H19NS. The minimum absolute atomic E-state index is 0.640. The van der Waals surface area contributed by atoms with Crippen LogP contribution in [0.25, 0.3) is 0 Å². The third-order valence-corrected chi connectivity index (χ3v) is 3.54. The van der Waals surface area contributed by atoms with Crippen molar-refractivity contribution in [3.63, 3.8) is 0 Å². The molecule has 0 radical (unpaired) electrons. The second-order valence-electron chi connectivity index (χ2n) is 4.02. The van der Waals surface area contributed by atoms with Gasteiger partial charge in [-0.3, -0.25) is 0 Å². The van der Waals surface area contributed by atoms with Gasteiger partial charge in [0.15, 0.2) is 0 Å². The molecule has 0 bridgehead atoms. The largest absolute Gasteiger partial charge is 0.326 e. The Morgan fingerprint density at radius 2 is 2.07 bits per heavy atom. The summed E-state index contributed by atoms with van der Waals surface area (Å²) >= 11 is 1.91. The maximum Gasteiger partial charge on any atom is 0.0189 e. The number of hydrogen-bond donors (Lipinski definition) is 1. The molecule has 0 amide bonds. The highest BCUT2D eigenvalue weighted by Gasteiger charge is 2.03. The fraction of sp³-hybridized carbons (Fsp3) is 0.500. The smallest absolute Gasteiger partial charge is 0.0189 e. The summed E-state index contributed by atoms with van der Waals surface area (Å²) < 4.78 is 0. The zero-order valence-corrected chi connectivity index (χ0v) is 10.0. The van der Waals surface area contributed by atoms with Gasteiger partial charge < -0.3 is 5.73 Å². The van der Waals surface area contributed by atoms with E-state index < -0.39 is 0 Å². The molecule has 2 heteroatoms. The number of rotatable bonds is 4. The standard InChI is InChI=1S/C12H19NS/c1-9(2)8-14-12-6-10(3)4-5-11(12)7-13/h4-6,9H,7-8,13H2,1-3H3. The molecular weight excluding hydrogens is 190 g/mol. The zero-order chi connectivity index (χ0) is 10.6. The van der Waals surface area contributed by atoms with Crippen molar-refractivity contribution in [3.05, 3.63) is 29.3 Å². The maximum absolute atomic E-state index is 5.69. The van der Waals surface area contributed by atoms with Crippen LogP contribution in [0.5, 0.6) is 0 Å². The van der Waals surface area contributed by atoms with Crippen LogP contribution in [-0.2, 0) is 6.54 Å². The van der Waals surface area contributed by atoms with E-state index in [1.54, 1.807) is 0 Å². The van der Waals surface area contributed by atoms with Gasteiger partial charge in [0, 0.05) is 17.2 Å². The quantitative estimate of drug-likeness (QED) is 0.771. The molecule has 0 atom stereocenters. The molecule has 1 aromatic carbocycles. The van der Waals surface area contributed by atoms with Gasteiger partial charge in [0.2, 0.25) is 0 Å². The van der Waals surface area contributed by atoms with E-state index in [9.17, 15) is 0 Å². The molecule has 0 saturated heterocycles. The Labute approximate surface area is 91.1 Å². The molecule has 0 aliphatic heterocycles. The first kappa shape index (κ1) is 11.6. The van der Waals surface area contributed by atoms with Crippen LogP contribution in [-0.4, -0.2) is 5.75 Å². The van der Waals surface area contributed by atoms with E-state index in [1.807, 2.05) is 11.8 Å². The number of hydrogen-bond acceptors (Lipinski definition) is 2. The second kappa shape index (κ2) is 5.42. The Kier molecular flexibility index (Phi) is 4.49. The average Bonchev–Trinajstić information content (AvgIpc) is 2.15.